The van der Waals surface area contributed by atoms with E-state index in [2.05, 4.69) is 10.4 Å². The quantitative estimate of drug-likeness (QED) is 0.289. The summed E-state index contributed by atoms with van der Waals surface area (Å²) in [4.78, 5) is 22.7. The second kappa shape index (κ2) is 8.20. The number of rotatable bonds is 6. The van der Waals surface area contributed by atoms with Crippen LogP contribution in [0.1, 0.15) is 22.3 Å². The van der Waals surface area contributed by atoms with E-state index in [4.69, 9.17) is 0 Å². The zero-order valence-corrected chi connectivity index (χ0v) is 16.3. The summed E-state index contributed by atoms with van der Waals surface area (Å²) in [5.41, 5.74) is 1.84. The lowest BCUT2D eigenvalue weighted by Crippen LogP contribution is -2.30. The minimum absolute atomic E-state index is 0.0961. The van der Waals surface area contributed by atoms with Gasteiger partial charge in [0.15, 0.2) is 0 Å². The first-order valence-corrected chi connectivity index (χ1v) is 9.56. The molecule has 0 bridgehead atoms. The molecule has 0 aliphatic carbocycles. The number of benzene rings is 4. The maximum Gasteiger partial charge on any atom is 0.149 e. The first kappa shape index (κ1) is 20.0. The average molecular weight is 410 g/mol. The Morgan fingerprint density at radius 1 is 0.516 bits per heavy atom. The second-order valence-corrected chi connectivity index (χ2v) is 7.07. The van der Waals surface area contributed by atoms with Crippen molar-refractivity contribution in [3.05, 3.63) is 129 Å². The Labute approximate surface area is 178 Å². The van der Waals surface area contributed by atoms with Crippen molar-refractivity contribution in [2.45, 2.75) is 5.41 Å². The molecule has 0 amide bonds. The van der Waals surface area contributed by atoms with Crippen molar-refractivity contribution in [3.63, 3.8) is 0 Å². The predicted octanol–water partition coefficient (Wildman–Crippen LogP) is 6.28. The van der Waals surface area contributed by atoms with Gasteiger partial charge in [0, 0.05) is 0 Å². The Morgan fingerprint density at radius 2 is 0.903 bits per heavy atom. The molecular formula is C25H18N2O4. The van der Waals surface area contributed by atoms with E-state index in [9.17, 15) is 20.0 Å². The van der Waals surface area contributed by atoms with Gasteiger partial charge in [-0.2, -0.15) is 0 Å². The molecule has 0 spiro atoms. The molecule has 31 heavy (non-hydrogen) atoms. The summed E-state index contributed by atoms with van der Waals surface area (Å²) in [5.74, 6) is -0.454. The summed E-state index contributed by atoms with van der Waals surface area (Å²) in [6.07, 6.45) is 0. The molecule has 4 aromatic rings. The number of hydrogen-bond acceptors (Lipinski definition) is 6. The summed E-state index contributed by atoms with van der Waals surface area (Å²) in [5, 5.41) is 26.0. The van der Waals surface area contributed by atoms with Gasteiger partial charge in [0.25, 0.3) is 0 Å². The van der Waals surface area contributed by atoms with Crippen LogP contribution in [0.4, 0.5) is 11.4 Å². The molecule has 6 heteroatoms. The van der Waals surface area contributed by atoms with Gasteiger partial charge in [-0.1, -0.05) is 72.8 Å². The van der Waals surface area contributed by atoms with Crippen molar-refractivity contribution in [3.8, 4) is 11.5 Å². The van der Waals surface area contributed by atoms with Crippen LogP contribution in [0.2, 0.25) is 0 Å². The summed E-state index contributed by atoms with van der Waals surface area (Å²) in [6.45, 7) is 0. The van der Waals surface area contributed by atoms with Gasteiger partial charge in [0.05, 0.1) is 5.41 Å². The Hall–Kier alpha value is -4.32. The number of phenols is 2. The van der Waals surface area contributed by atoms with E-state index in [-0.39, 0.29) is 22.9 Å². The minimum Gasteiger partial charge on any atom is -0.506 e. The average Bonchev–Trinajstić information content (AvgIpc) is 2.82. The van der Waals surface area contributed by atoms with Crippen molar-refractivity contribution in [1.82, 2.24) is 0 Å². The molecule has 4 aromatic carbocycles. The molecule has 2 N–H and O–H groups in total. The fourth-order valence-corrected chi connectivity index (χ4v) is 4.04. The summed E-state index contributed by atoms with van der Waals surface area (Å²) in [6, 6.07) is 28.5. The summed E-state index contributed by atoms with van der Waals surface area (Å²) >= 11 is 0. The fourth-order valence-electron chi connectivity index (χ4n) is 4.04. The highest BCUT2D eigenvalue weighted by Crippen LogP contribution is 2.48. The molecule has 0 atom stereocenters. The Kier molecular flexibility index (Phi) is 5.28. The maximum absolute atomic E-state index is 11.4. The van der Waals surface area contributed by atoms with Gasteiger partial charge in [-0.05, 0) is 56.9 Å². The van der Waals surface area contributed by atoms with Crippen LogP contribution in [0.15, 0.2) is 107 Å². The number of hydrogen-bond donors (Lipinski definition) is 2. The first-order valence-electron chi connectivity index (χ1n) is 9.56. The smallest absolute Gasteiger partial charge is 0.149 e. The lowest BCUT2D eigenvalue weighted by atomic mass is 9.65. The van der Waals surface area contributed by atoms with Crippen LogP contribution in [0, 0.1) is 9.81 Å². The van der Waals surface area contributed by atoms with E-state index in [1.807, 2.05) is 60.7 Å². The topological polar surface area (TPSA) is 99.3 Å². The molecule has 0 heterocycles. The molecule has 0 unspecified atom stereocenters. The van der Waals surface area contributed by atoms with E-state index in [0.717, 1.165) is 11.1 Å². The third-order valence-corrected chi connectivity index (χ3v) is 5.43. The van der Waals surface area contributed by atoms with Gasteiger partial charge in [0.2, 0.25) is 0 Å². The Morgan fingerprint density at radius 3 is 1.26 bits per heavy atom. The van der Waals surface area contributed by atoms with E-state index in [1.54, 1.807) is 12.1 Å². The molecule has 0 aliphatic rings. The van der Waals surface area contributed by atoms with Gasteiger partial charge in [-0.25, -0.2) is 0 Å². The standard InChI is InChI=1S/C25H18N2O4/c28-23-13-11-19(15-21(23)26-30)25(17-7-3-1-4-8-17,18-9-5-2-6-10-18)20-12-14-24(29)22(16-20)27-31/h1-16,28-29H. The van der Waals surface area contributed by atoms with Crippen LogP contribution < -0.4 is 0 Å². The summed E-state index contributed by atoms with van der Waals surface area (Å²) < 4.78 is 0. The molecule has 6 nitrogen and oxygen atoms in total. The lowest BCUT2D eigenvalue weighted by molar-refractivity contribution is 0.476. The lowest BCUT2D eigenvalue weighted by Gasteiger charge is -2.37. The van der Waals surface area contributed by atoms with Crippen molar-refractivity contribution < 1.29 is 10.2 Å². The van der Waals surface area contributed by atoms with E-state index < -0.39 is 5.41 Å². The van der Waals surface area contributed by atoms with Crippen LogP contribution in [0.3, 0.4) is 0 Å². The fraction of sp³-hybridized carbons (Fsp3) is 0.0400. The Bertz CT molecular complexity index is 1140. The number of nitroso groups, excluding NO2 is 2. The van der Waals surface area contributed by atoms with Gasteiger partial charge >= 0.3 is 0 Å². The molecule has 0 saturated carbocycles. The number of aromatic hydroxyl groups is 2. The highest BCUT2D eigenvalue weighted by atomic mass is 16.3. The number of nitrogens with zero attached hydrogens (tertiary/aromatic N) is 2. The largest absolute Gasteiger partial charge is 0.506 e. The van der Waals surface area contributed by atoms with Crippen molar-refractivity contribution in [1.29, 1.82) is 0 Å². The molecular weight excluding hydrogens is 392 g/mol. The second-order valence-electron chi connectivity index (χ2n) is 7.07. The van der Waals surface area contributed by atoms with Crippen LogP contribution in [-0.4, -0.2) is 10.2 Å². The van der Waals surface area contributed by atoms with Gasteiger partial charge < -0.3 is 10.2 Å². The normalized spacial score (nSPS) is 11.1. The van der Waals surface area contributed by atoms with Crippen LogP contribution in [0.5, 0.6) is 11.5 Å². The Balaban J connectivity index is 2.18. The third kappa shape index (κ3) is 3.34. The maximum atomic E-state index is 11.4. The third-order valence-electron chi connectivity index (χ3n) is 5.43. The summed E-state index contributed by atoms with van der Waals surface area (Å²) in [7, 11) is 0. The molecule has 0 fully saturated rings. The zero-order valence-electron chi connectivity index (χ0n) is 16.3. The molecule has 0 aliphatic heterocycles. The molecule has 0 saturated heterocycles. The van der Waals surface area contributed by atoms with E-state index in [0.29, 0.717) is 11.1 Å². The first-order chi connectivity index (χ1) is 15.1. The van der Waals surface area contributed by atoms with Gasteiger partial charge in [-0.15, -0.1) is 9.81 Å². The molecule has 4 rings (SSSR count). The minimum atomic E-state index is -0.983. The van der Waals surface area contributed by atoms with Crippen LogP contribution in [-0.2, 0) is 5.41 Å². The molecule has 152 valence electrons. The van der Waals surface area contributed by atoms with E-state index in [1.165, 1.54) is 24.3 Å². The highest BCUT2D eigenvalue weighted by molar-refractivity contribution is 5.67. The van der Waals surface area contributed by atoms with Crippen molar-refractivity contribution >= 4 is 11.4 Å². The van der Waals surface area contributed by atoms with Gasteiger partial charge in [-0.3, -0.25) is 0 Å². The molecule has 0 radical (unpaired) electrons. The SMILES string of the molecule is O=Nc1cc(C(c2ccccc2)(c2ccccc2)c2ccc(O)c(N=O)c2)ccc1O. The van der Waals surface area contributed by atoms with E-state index >= 15 is 0 Å². The molecule has 0 aromatic heterocycles. The van der Waals surface area contributed by atoms with Crippen molar-refractivity contribution in [2.24, 2.45) is 10.4 Å². The zero-order chi connectivity index (χ0) is 21.8. The monoisotopic (exact) mass is 410 g/mol. The number of phenolic OH excluding ortho intramolecular Hbond substituents is 2. The van der Waals surface area contributed by atoms with Crippen LogP contribution >= 0.6 is 0 Å². The predicted molar refractivity (Wildman–Crippen MR) is 119 cm³/mol. The van der Waals surface area contributed by atoms with Crippen molar-refractivity contribution in [2.75, 3.05) is 0 Å². The highest BCUT2D eigenvalue weighted by Gasteiger charge is 2.39. The van der Waals surface area contributed by atoms with Gasteiger partial charge in [0.1, 0.15) is 22.9 Å². The van der Waals surface area contributed by atoms with Crippen LogP contribution in [0.25, 0.3) is 0 Å².